The van der Waals surface area contributed by atoms with Gasteiger partial charge in [-0.15, -0.1) is 0 Å². The molecule has 0 aliphatic heterocycles. The van der Waals surface area contributed by atoms with Crippen LogP contribution in [-0.2, 0) is 14.1 Å². The molecule has 1 fully saturated rings. The molecule has 1 aliphatic rings. The number of hydrogen-bond donors (Lipinski definition) is 3. The van der Waals surface area contributed by atoms with Gasteiger partial charge < -0.3 is 16.0 Å². The van der Waals surface area contributed by atoms with Crippen LogP contribution in [0.4, 0.5) is 5.95 Å². The number of H-pyrrole nitrogens is 1. The topological polar surface area (TPSA) is 111 Å². The zero-order valence-corrected chi connectivity index (χ0v) is 11.5. The number of nitrogens with two attached hydrogens (primary N) is 1. The smallest absolute Gasteiger partial charge is 0.332 e. The van der Waals surface area contributed by atoms with Gasteiger partial charge in [0.1, 0.15) is 0 Å². The molecule has 8 heteroatoms. The molecule has 1 saturated carbocycles. The van der Waals surface area contributed by atoms with E-state index >= 15 is 0 Å². The Morgan fingerprint density at radius 2 is 2.05 bits per heavy atom. The van der Waals surface area contributed by atoms with E-state index in [-0.39, 0.29) is 17.6 Å². The van der Waals surface area contributed by atoms with Crippen LogP contribution in [0.2, 0.25) is 0 Å². The number of aryl methyl sites for hydroxylation is 1. The first kappa shape index (κ1) is 12.9. The number of nitrogens with zero attached hydrogens (tertiary/aromatic N) is 3. The second-order valence-corrected chi connectivity index (χ2v) is 5.34. The minimum absolute atomic E-state index is 0.0925. The molecular weight excluding hydrogens is 260 g/mol. The average Bonchev–Trinajstić information content (AvgIpc) is 3.02. The fraction of sp³-hybridized carbons (Fsp3) is 0.583. The maximum atomic E-state index is 12.0. The van der Waals surface area contributed by atoms with Crippen molar-refractivity contribution in [1.82, 2.24) is 19.1 Å². The molecule has 20 heavy (non-hydrogen) atoms. The number of rotatable bonds is 2. The molecule has 0 radical (unpaired) electrons. The molecule has 2 aromatic heterocycles. The van der Waals surface area contributed by atoms with Gasteiger partial charge in [0.25, 0.3) is 5.56 Å². The number of anilines is 1. The number of fused-ring (bicyclic) bond motifs is 1. The fourth-order valence-corrected chi connectivity index (χ4v) is 2.74. The van der Waals surface area contributed by atoms with Gasteiger partial charge in [-0.25, -0.2) is 4.79 Å². The Kier molecular flexibility index (Phi) is 2.89. The first-order valence-electron chi connectivity index (χ1n) is 6.67. The minimum Gasteiger partial charge on any atom is -0.351 e. The summed E-state index contributed by atoms with van der Waals surface area (Å²) in [5, 5.41) is 3.22. The van der Waals surface area contributed by atoms with Gasteiger partial charge in [-0.3, -0.25) is 13.9 Å². The summed E-state index contributed by atoms with van der Waals surface area (Å²) in [6, 6.07) is 0.242. The molecule has 3 rings (SSSR count). The number of imidazole rings is 1. The van der Waals surface area contributed by atoms with Crippen molar-refractivity contribution < 1.29 is 0 Å². The molecule has 0 aromatic carbocycles. The highest BCUT2D eigenvalue weighted by molar-refractivity contribution is 5.72. The van der Waals surface area contributed by atoms with Crippen LogP contribution < -0.4 is 22.3 Å². The van der Waals surface area contributed by atoms with Crippen LogP contribution in [0.25, 0.3) is 11.2 Å². The monoisotopic (exact) mass is 278 g/mol. The highest BCUT2D eigenvalue weighted by atomic mass is 16.2. The average molecular weight is 278 g/mol. The number of hydrogen-bond acceptors (Lipinski definition) is 5. The van der Waals surface area contributed by atoms with Crippen molar-refractivity contribution in [2.24, 2.45) is 19.8 Å². The van der Waals surface area contributed by atoms with Crippen LogP contribution in [0.5, 0.6) is 0 Å². The first-order valence-corrected chi connectivity index (χ1v) is 6.67. The summed E-state index contributed by atoms with van der Waals surface area (Å²) in [6.45, 7) is 0. The van der Waals surface area contributed by atoms with Gasteiger partial charge in [0.2, 0.25) is 5.95 Å². The first-order chi connectivity index (χ1) is 9.49. The molecule has 0 amide bonds. The van der Waals surface area contributed by atoms with E-state index in [1.807, 2.05) is 0 Å². The van der Waals surface area contributed by atoms with E-state index < -0.39 is 5.69 Å². The van der Waals surface area contributed by atoms with E-state index in [9.17, 15) is 9.59 Å². The number of nitrogens with one attached hydrogen (secondary N) is 2. The molecular formula is C12H18N6O2. The third-order valence-electron chi connectivity index (χ3n) is 3.99. The highest BCUT2D eigenvalue weighted by Gasteiger charge is 2.25. The lowest BCUT2D eigenvalue weighted by atomic mass is 10.2. The summed E-state index contributed by atoms with van der Waals surface area (Å²) in [4.78, 5) is 31.1. The normalized spacial score (nSPS) is 22.6. The van der Waals surface area contributed by atoms with Crippen LogP contribution in [-0.4, -0.2) is 31.2 Å². The standard InChI is InChI=1S/C12H18N6O2/c1-17-9-8(10(19)18(2)12(17)20)15-11(16-9)14-7-5-3-4-6(7)13/h6-7H,3-5,13H2,1-2H3,(H2,14,15,16). The zero-order chi connectivity index (χ0) is 14.4. The van der Waals surface area contributed by atoms with E-state index in [0.29, 0.717) is 17.1 Å². The number of aromatic nitrogens is 4. The fourth-order valence-electron chi connectivity index (χ4n) is 2.74. The van der Waals surface area contributed by atoms with E-state index in [1.54, 1.807) is 7.05 Å². The van der Waals surface area contributed by atoms with Crippen molar-refractivity contribution in [3.63, 3.8) is 0 Å². The predicted octanol–water partition coefficient (Wildman–Crippen LogP) is -0.748. The predicted molar refractivity (Wildman–Crippen MR) is 75.8 cm³/mol. The van der Waals surface area contributed by atoms with Crippen LogP contribution in [0, 0.1) is 0 Å². The summed E-state index contributed by atoms with van der Waals surface area (Å²) in [7, 11) is 3.04. The Bertz CT molecular complexity index is 771. The van der Waals surface area contributed by atoms with Crippen LogP contribution in [0.3, 0.4) is 0 Å². The molecule has 2 unspecified atom stereocenters. The summed E-state index contributed by atoms with van der Waals surface area (Å²) >= 11 is 0. The maximum absolute atomic E-state index is 12.0. The van der Waals surface area contributed by atoms with Gasteiger partial charge in [0.15, 0.2) is 11.2 Å². The maximum Gasteiger partial charge on any atom is 0.332 e. The summed E-state index contributed by atoms with van der Waals surface area (Å²) < 4.78 is 2.42. The SMILES string of the molecule is Cn1c(=O)c2[nH]c(NC3CCCC3N)nc2n(C)c1=O. The van der Waals surface area contributed by atoms with Gasteiger partial charge >= 0.3 is 5.69 Å². The molecule has 2 atom stereocenters. The highest BCUT2D eigenvalue weighted by Crippen LogP contribution is 2.21. The largest absolute Gasteiger partial charge is 0.351 e. The Morgan fingerprint density at radius 3 is 2.70 bits per heavy atom. The minimum atomic E-state index is -0.391. The number of aromatic amines is 1. The van der Waals surface area contributed by atoms with Crippen molar-refractivity contribution in [3.8, 4) is 0 Å². The second-order valence-electron chi connectivity index (χ2n) is 5.34. The molecule has 8 nitrogen and oxygen atoms in total. The van der Waals surface area contributed by atoms with Crippen molar-refractivity contribution in [1.29, 1.82) is 0 Å². The zero-order valence-electron chi connectivity index (χ0n) is 11.5. The summed E-state index contributed by atoms with van der Waals surface area (Å²) in [5.41, 5.74) is 5.91. The van der Waals surface area contributed by atoms with E-state index in [4.69, 9.17) is 5.73 Å². The molecule has 2 heterocycles. The molecule has 0 saturated heterocycles. The van der Waals surface area contributed by atoms with Gasteiger partial charge in [0, 0.05) is 26.2 Å². The van der Waals surface area contributed by atoms with E-state index in [1.165, 1.54) is 11.6 Å². The second kappa shape index (κ2) is 4.48. The molecule has 1 aliphatic carbocycles. The Balaban J connectivity index is 2.07. The third-order valence-corrected chi connectivity index (χ3v) is 3.99. The van der Waals surface area contributed by atoms with Gasteiger partial charge in [-0.05, 0) is 19.3 Å². The van der Waals surface area contributed by atoms with Crippen molar-refractivity contribution in [2.75, 3.05) is 5.32 Å². The lowest BCUT2D eigenvalue weighted by Crippen LogP contribution is -2.36. The molecule has 108 valence electrons. The van der Waals surface area contributed by atoms with Crippen LogP contribution in [0.1, 0.15) is 19.3 Å². The van der Waals surface area contributed by atoms with Gasteiger partial charge in [0.05, 0.1) is 0 Å². The molecule has 0 bridgehead atoms. The van der Waals surface area contributed by atoms with E-state index in [2.05, 4.69) is 15.3 Å². The summed E-state index contributed by atoms with van der Waals surface area (Å²) in [6.07, 6.45) is 3.05. The van der Waals surface area contributed by atoms with Crippen LogP contribution >= 0.6 is 0 Å². The lowest BCUT2D eigenvalue weighted by Gasteiger charge is -2.15. The molecule has 2 aromatic rings. The van der Waals surface area contributed by atoms with Crippen LogP contribution in [0.15, 0.2) is 9.59 Å². The van der Waals surface area contributed by atoms with Crippen molar-refractivity contribution in [3.05, 3.63) is 20.8 Å². The van der Waals surface area contributed by atoms with Crippen molar-refractivity contribution >= 4 is 17.1 Å². The lowest BCUT2D eigenvalue weighted by molar-refractivity contribution is 0.634. The van der Waals surface area contributed by atoms with Crippen molar-refractivity contribution in [2.45, 2.75) is 31.3 Å². The van der Waals surface area contributed by atoms with E-state index in [0.717, 1.165) is 23.8 Å². The van der Waals surface area contributed by atoms with Gasteiger partial charge in [-0.1, -0.05) is 0 Å². The third kappa shape index (κ3) is 1.83. The van der Waals surface area contributed by atoms with Gasteiger partial charge in [-0.2, -0.15) is 4.98 Å². The molecule has 0 spiro atoms. The Labute approximate surface area is 114 Å². The quantitative estimate of drug-likeness (QED) is 0.669. The Morgan fingerprint density at radius 1 is 1.30 bits per heavy atom. The summed E-state index contributed by atoms with van der Waals surface area (Å²) in [5.74, 6) is 0.487. The Hall–Kier alpha value is -2.09. The molecule has 4 N–H and O–H groups in total.